The fourth-order valence-corrected chi connectivity index (χ4v) is 4.31. The Morgan fingerprint density at radius 2 is 1.00 bits per heavy atom. The quantitative estimate of drug-likeness (QED) is 0.465. The zero-order valence-corrected chi connectivity index (χ0v) is 20.2. The predicted molar refractivity (Wildman–Crippen MR) is 130 cm³/mol. The molecule has 0 saturated carbocycles. The summed E-state index contributed by atoms with van der Waals surface area (Å²) in [7, 11) is 6.21. The summed E-state index contributed by atoms with van der Waals surface area (Å²) in [5, 5.41) is 0. The summed E-state index contributed by atoms with van der Waals surface area (Å²) in [6.45, 7) is -0.114. The van der Waals surface area contributed by atoms with E-state index in [1.807, 2.05) is 0 Å². The number of cyclic esters (lactones) is 2. The molecule has 0 aromatic heterocycles. The van der Waals surface area contributed by atoms with E-state index in [0.717, 1.165) is 0 Å². The average Bonchev–Trinajstić information content (AvgIpc) is 2.92. The Morgan fingerprint density at radius 3 is 1.36 bits per heavy atom. The van der Waals surface area contributed by atoms with Crippen LogP contribution in [0.15, 0.2) is 48.5 Å². The second kappa shape index (κ2) is 9.21. The summed E-state index contributed by atoms with van der Waals surface area (Å²) in [6.07, 6.45) is 0. The molecule has 2 heterocycles. The third-order valence-corrected chi connectivity index (χ3v) is 6.14. The second-order valence-corrected chi connectivity index (χ2v) is 7.94. The Hall–Kier alpha value is -4.60. The molecule has 2 aliphatic heterocycles. The van der Waals surface area contributed by atoms with E-state index in [2.05, 4.69) is 0 Å². The molecular weight excluding hydrogens is 468 g/mol. The predicted octanol–water partition coefficient (Wildman–Crippen LogP) is 4.25. The maximum atomic E-state index is 12.9. The van der Waals surface area contributed by atoms with E-state index in [4.69, 9.17) is 28.4 Å². The lowest BCUT2D eigenvalue weighted by atomic mass is 10.0. The van der Waals surface area contributed by atoms with Crippen LogP contribution in [0.1, 0.15) is 20.7 Å². The van der Waals surface area contributed by atoms with Gasteiger partial charge in [0, 0.05) is 12.1 Å². The Morgan fingerprint density at radius 1 is 0.583 bits per heavy atom. The van der Waals surface area contributed by atoms with E-state index in [0.29, 0.717) is 56.9 Å². The molecule has 0 saturated heterocycles. The first kappa shape index (κ1) is 23.2. The number of fused-ring (bicyclic) bond motifs is 2. The molecule has 0 amide bonds. The number of ether oxygens (including phenoxy) is 6. The Bertz CT molecular complexity index is 1250. The van der Waals surface area contributed by atoms with E-state index in [-0.39, 0.29) is 13.5 Å². The summed E-state index contributed by atoms with van der Waals surface area (Å²) in [6, 6.07) is 13.9. The van der Waals surface area contributed by atoms with Crippen molar-refractivity contribution in [3.05, 3.63) is 59.7 Å². The van der Waals surface area contributed by atoms with Crippen LogP contribution in [0.4, 0.5) is 22.7 Å². The van der Waals surface area contributed by atoms with Gasteiger partial charge in [0.25, 0.3) is 0 Å². The van der Waals surface area contributed by atoms with Crippen molar-refractivity contribution in [2.75, 3.05) is 51.7 Å². The first-order chi connectivity index (χ1) is 17.5. The van der Waals surface area contributed by atoms with Crippen molar-refractivity contribution in [3.8, 4) is 23.0 Å². The molecule has 0 N–H and O–H groups in total. The van der Waals surface area contributed by atoms with E-state index >= 15 is 0 Å². The molecule has 10 heteroatoms. The fraction of sp³-hybridized carbons (Fsp3) is 0.231. The van der Waals surface area contributed by atoms with Gasteiger partial charge in [-0.3, -0.25) is 0 Å². The monoisotopic (exact) mass is 492 g/mol. The van der Waals surface area contributed by atoms with Gasteiger partial charge in [0.1, 0.15) is 23.0 Å². The summed E-state index contributed by atoms with van der Waals surface area (Å²) in [5.74, 6) is 1.26. The minimum atomic E-state index is -0.503. The molecule has 0 unspecified atom stereocenters. The molecule has 10 nitrogen and oxygen atoms in total. The first-order valence-corrected chi connectivity index (χ1v) is 11.0. The van der Waals surface area contributed by atoms with Crippen LogP contribution in [0.3, 0.4) is 0 Å². The van der Waals surface area contributed by atoms with Crippen molar-refractivity contribution in [2.45, 2.75) is 0 Å². The van der Waals surface area contributed by atoms with Gasteiger partial charge in [0.05, 0.1) is 62.3 Å². The van der Waals surface area contributed by atoms with Crippen LogP contribution in [0.5, 0.6) is 23.0 Å². The Kier molecular flexibility index (Phi) is 5.93. The van der Waals surface area contributed by atoms with Gasteiger partial charge < -0.3 is 38.2 Å². The highest BCUT2D eigenvalue weighted by Gasteiger charge is 2.35. The maximum absolute atomic E-state index is 12.9. The van der Waals surface area contributed by atoms with Crippen LogP contribution >= 0.6 is 0 Å². The minimum Gasteiger partial charge on any atom is -0.497 e. The normalized spacial score (nSPS) is 14.3. The number of nitrogens with zero attached hydrogens (tertiary/aromatic N) is 2. The van der Waals surface area contributed by atoms with Crippen LogP contribution in [0.25, 0.3) is 0 Å². The number of carbonyl (C=O) groups excluding carboxylic acids is 2. The maximum Gasteiger partial charge on any atom is 0.342 e. The van der Waals surface area contributed by atoms with E-state index in [9.17, 15) is 9.59 Å². The molecule has 0 radical (unpaired) electrons. The van der Waals surface area contributed by atoms with E-state index in [1.54, 1.807) is 86.8 Å². The largest absolute Gasteiger partial charge is 0.497 e. The first-order valence-electron chi connectivity index (χ1n) is 11.0. The lowest BCUT2D eigenvalue weighted by molar-refractivity contribution is 0.0473. The molecule has 3 aromatic rings. The van der Waals surface area contributed by atoms with Gasteiger partial charge in [0.2, 0.25) is 0 Å². The third kappa shape index (κ3) is 3.76. The zero-order chi connectivity index (χ0) is 25.4. The molecule has 0 bridgehead atoms. The fourth-order valence-electron chi connectivity index (χ4n) is 4.31. The van der Waals surface area contributed by atoms with Gasteiger partial charge in [-0.25, -0.2) is 9.59 Å². The number of rotatable bonds is 6. The zero-order valence-electron chi connectivity index (χ0n) is 20.2. The summed E-state index contributed by atoms with van der Waals surface area (Å²) in [5.41, 5.74) is 2.87. The third-order valence-electron chi connectivity index (χ3n) is 6.14. The number of carbonyl (C=O) groups is 2. The summed E-state index contributed by atoms with van der Waals surface area (Å²) in [4.78, 5) is 29.2. The van der Waals surface area contributed by atoms with E-state index in [1.165, 1.54) is 0 Å². The van der Waals surface area contributed by atoms with Gasteiger partial charge in [-0.1, -0.05) is 0 Å². The number of hydrogen-bond donors (Lipinski definition) is 0. The van der Waals surface area contributed by atoms with Crippen molar-refractivity contribution in [1.82, 2.24) is 0 Å². The van der Waals surface area contributed by atoms with Crippen LogP contribution in [-0.2, 0) is 9.47 Å². The van der Waals surface area contributed by atoms with Crippen molar-refractivity contribution >= 4 is 34.7 Å². The lowest BCUT2D eigenvalue weighted by Crippen LogP contribution is -2.34. The molecular formula is C26H24N2O8. The molecule has 2 aliphatic rings. The number of anilines is 4. The molecule has 3 aromatic carbocycles. The van der Waals surface area contributed by atoms with Gasteiger partial charge in [-0.05, 0) is 36.4 Å². The molecule has 36 heavy (non-hydrogen) atoms. The number of benzene rings is 3. The Labute approximate surface area is 207 Å². The molecule has 0 atom stereocenters. The van der Waals surface area contributed by atoms with E-state index < -0.39 is 11.9 Å². The summed E-state index contributed by atoms with van der Waals surface area (Å²) < 4.78 is 32.7. The molecule has 0 fully saturated rings. The van der Waals surface area contributed by atoms with Crippen LogP contribution in [0.2, 0.25) is 0 Å². The Balaban J connectivity index is 1.65. The minimum absolute atomic E-state index is 0.0572. The highest BCUT2D eigenvalue weighted by Crippen LogP contribution is 2.45. The standard InChI is InChI=1S/C26H24N2O8/c1-31-15-5-7-19(23(9-15)33-3)27-13-35-25(29)17-12-22-18(11-21(17)27)26(30)36-14-28(22)20-8-6-16(32-2)10-24(20)34-4/h5-12H,13-14H2,1-4H3. The van der Waals surface area contributed by atoms with Crippen molar-refractivity contribution < 1.29 is 38.0 Å². The lowest BCUT2D eigenvalue weighted by Gasteiger charge is -2.35. The molecule has 0 spiro atoms. The topological polar surface area (TPSA) is 96.0 Å². The van der Waals surface area contributed by atoms with Crippen molar-refractivity contribution in [3.63, 3.8) is 0 Å². The van der Waals surface area contributed by atoms with Gasteiger partial charge in [-0.15, -0.1) is 0 Å². The molecule has 186 valence electrons. The molecule has 5 rings (SSSR count). The van der Waals surface area contributed by atoms with Gasteiger partial charge >= 0.3 is 11.9 Å². The van der Waals surface area contributed by atoms with Crippen LogP contribution in [-0.4, -0.2) is 53.8 Å². The van der Waals surface area contributed by atoms with Crippen LogP contribution in [0, 0.1) is 0 Å². The smallest absolute Gasteiger partial charge is 0.342 e. The summed E-state index contributed by atoms with van der Waals surface area (Å²) >= 11 is 0. The van der Waals surface area contributed by atoms with Crippen LogP contribution < -0.4 is 28.7 Å². The highest BCUT2D eigenvalue weighted by molar-refractivity contribution is 6.07. The number of methoxy groups -OCH3 is 4. The molecule has 0 aliphatic carbocycles. The number of esters is 2. The van der Waals surface area contributed by atoms with Gasteiger partial charge in [-0.2, -0.15) is 0 Å². The number of hydrogen-bond acceptors (Lipinski definition) is 10. The van der Waals surface area contributed by atoms with Crippen molar-refractivity contribution in [2.24, 2.45) is 0 Å². The van der Waals surface area contributed by atoms with Gasteiger partial charge in [0.15, 0.2) is 13.5 Å². The SMILES string of the molecule is COc1ccc(N2COC(=O)c3cc4c(cc32)C(=O)OCN4c2ccc(OC)cc2OC)c(OC)c1. The van der Waals surface area contributed by atoms with Crippen molar-refractivity contribution in [1.29, 1.82) is 0 Å². The average molecular weight is 492 g/mol. The second-order valence-electron chi connectivity index (χ2n) is 7.94. The highest BCUT2D eigenvalue weighted by atomic mass is 16.6.